The van der Waals surface area contributed by atoms with Gasteiger partial charge in [-0.05, 0) is 32.6 Å². The van der Waals surface area contributed by atoms with E-state index >= 15 is 0 Å². The topological polar surface area (TPSA) is 95.9 Å². The molecule has 0 radical (unpaired) electrons. The largest absolute Gasteiger partial charge is 0.339 e. The minimum absolute atomic E-state index is 0.0132. The summed E-state index contributed by atoms with van der Waals surface area (Å²) in [6.07, 6.45) is 5.55. The third-order valence-electron chi connectivity index (χ3n) is 4.67. The fraction of sp³-hybridized carbons (Fsp3) is 0.529. The number of hydrogen-bond acceptors (Lipinski definition) is 4. The van der Waals surface area contributed by atoms with Crippen LogP contribution in [0.15, 0.2) is 18.5 Å². The van der Waals surface area contributed by atoms with Crippen molar-refractivity contribution in [2.45, 2.75) is 39.7 Å². The van der Waals surface area contributed by atoms with Crippen molar-refractivity contribution >= 4 is 17.6 Å². The summed E-state index contributed by atoms with van der Waals surface area (Å²) in [4.78, 5) is 26.5. The van der Waals surface area contributed by atoms with Gasteiger partial charge >= 0.3 is 0 Å². The highest BCUT2D eigenvalue weighted by atomic mass is 16.2. The maximum atomic E-state index is 12.5. The average Bonchev–Trinajstić information content (AvgIpc) is 3.23. The standard InChI is InChI=1S/C17H24N6O2/c1-3-23-9-6-15(21-23)19-16(24)10-13-4-7-22(8-5-13)17(25)14-11-18-20-12(14)2/h6,9,11,13H,3-5,7-8,10H2,1-2H3,(H,18,20)(H,19,21,24). The van der Waals surface area contributed by atoms with Crippen LogP contribution in [0.3, 0.4) is 0 Å². The molecule has 0 aromatic carbocycles. The fourth-order valence-corrected chi connectivity index (χ4v) is 3.14. The second-order valence-electron chi connectivity index (χ2n) is 6.45. The number of hydrogen-bond donors (Lipinski definition) is 2. The smallest absolute Gasteiger partial charge is 0.257 e. The Morgan fingerprint density at radius 3 is 2.72 bits per heavy atom. The van der Waals surface area contributed by atoms with Gasteiger partial charge in [-0.1, -0.05) is 0 Å². The van der Waals surface area contributed by atoms with Gasteiger partial charge in [0.05, 0.1) is 11.8 Å². The summed E-state index contributed by atoms with van der Waals surface area (Å²) in [7, 11) is 0. The van der Waals surface area contributed by atoms with E-state index in [0.717, 1.165) is 25.1 Å². The average molecular weight is 344 g/mol. The Hall–Kier alpha value is -2.64. The Balaban J connectivity index is 1.46. The minimum Gasteiger partial charge on any atom is -0.339 e. The zero-order valence-corrected chi connectivity index (χ0v) is 14.7. The fourth-order valence-electron chi connectivity index (χ4n) is 3.14. The molecule has 1 fully saturated rings. The molecule has 134 valence electrons. The Bertz CT molecular complexity index is 742. The first-order chi connectivity index (χ1) is 12.1. The number of aromatic nitrogens is 4. The predicted molar refractivity (Wildman–Crippen MR) is 93.1 cm³/mol. The summed E-state index contributed by atoms with van der Waals surface area (Å²) in [5.74, 6) is 0.883. The van der Waals surface area contributed by atoms with Gasteiger partial charge in [-0.25, -0.2) is 0 Å². The molecule has 0 spiro atoms. The molecular weight excluding hydrogens is 320 g/mol. The zero-order chi connectivity index (χ0) is 17.8. The third kappa shape index (κ3) is 4.07. The van der Waals surface area contributed by atoms with E-state index in [2.05, 4.69) is 20.6 Å². The van der Waals surface area contributed by atoms with Gasteiger partial charge in [-0.3, -0.25) is 19.4 Å². The molecule has 8 nitrogen and oxygen atoms in total. The number of rotatable bonds is 5. The lowest BCUT2D eigenvalue weighted by atomic mass is 9.93. The Labute approximate surface area is 146 Å². The summed E-state index contributed by atoms with van der Waals surface area (Å²) >= 11 is 0. The monoisotopic (exact) mass is 344 g/mol. The van der Waals surface area contributed by atoms with Crippen LogP contribution in [0.25, 0.3) is 0 Å². The molecule has 25 heavy (non-hydrogen) atoms. The number of aromatic amines is 1. The van der Waals surface area contributed by atoms with E-state index in [9.17, 15) is 9.59 Å². The number of amides is 2. The highest BCUT2D eigenvalue weighted by Crippen LogP contribution is 2.22. The second kappa shape index (κ2) is 7.50. The van der Waals surface area contributed by atoms with E-state index in [1.807, 2.05) is 24.9 Å². The molecular formula is C17H24N6O2. The molecule has 8 heteroatoms. The number of aryl methyl sites for hydroxylation is 2. The summed E-state index contributed by atoms with van der Waals surface area (Å²) in [6.45, 7) is 5.96. The molecule has 0 atom stereocenters. The molecule has 1 saturated heterocycles. The van der Waals surface area contributed by atoms with Crippen molar-refractivity contribution < 1.29 is 9.59 Å². The van der Waals surface area contributed by atoms with Crippen LogP contribution in [0.5, 0.6) is 0 Å². The first kappa shape index (κ1) is 17.2. The van der Waals surface area contributed by atoms with Crippen LogP contribution in [0.4, 0.5) is 5.82 Å². The number of carbonyl (C=O) groups is 2. The number of piperidine rings is 1. The Morgan fingerprint density at radius 1 is 1.36 bits per heavy atom. The maximum Gasteiger partial charge on any atom is 0.257 e. The molecule has 1 aliphatic rings. The van der Waals surface area contributed by atoms with Gasteiger partial charge in [-0.2, -0.15) is 10.2 Å². The number of H-pyrrole nitrogens is 1. The second-order valence-corrected chi connectivity index (χ2v) is 6.45. The summed E-state index contributed by atoms with van der Waals surface area (Å²) in [5.41, 5.74) is 1.42. The van der Waals surface area contributed by atoms with E-state index < -0.39 is 0 Å². The van der Waals surface area contributed by atoms with Gasteiger partial charge in [0, 0.05) is 44.0 Å². The Kier molecular flexibility index (Phi) is 5.16. The minimum atomic E-state index is -0.0168. The quantitative estimate of drug-likeness (QED) is 0.865. The van der Waals surface area contributed by atoms with Gasteiger partial charge in [0.1, 0.15) is 0 Å². The molecule has 3 heterocycles. The first-order valence-electron chi connectivity index (χ1n) is 8.69. The van der Waals surface area contributed by atoms with Crippen LogP contribution in [0.1, 0.15) is 42.2 Å². The third-order valence-corrected chi connectivity index (χ3v) is 4.67. The molecule has 2 amide bonds. The van der Waals surface area contributed by atoms with E-state index in [1.165, 1.54) is 0 Å². The molecule has 2 aromatic rings. The molecule has 0 aliphatic carbocycles. The zero-order valence-electron chi connectivity index (χ0n) is 14.7. The van der Waals surface area contributed by atoms with Crippen molar-refractivity contribution in [3.05, 3.63) is 29.7 Å². The highest BCUT2D eigenvalue weighted by molar-refractivity contribution is 5.95. The van der Waals surface area contributed by atoms with Crippen LogP contribution in [0.2, 0.25) is 0 Å². The van der Waals surface area contributed by atoms with Crippen LogP contribution in [-0.4, -0.2) is 49.8 Å². The van der Waals surface area contributed by atoms with Crippen LogP contribution in [-0.2, 0) is 11.3 Å². The van der Waals surface area contributed by atoms with E-state index in [-0.39, 0.29) is 11.8 Å². The van der Waals surface area contributed by atoms with Gasteiger partial charge in [0.25, 0.3) is 5.91 Å². The number of nitrogens with zero attached hydrogens (tertiary/aromatic N) is 4. The van der Waals surface area contributed by atoms with E-state index in [0.29, 0.717) is 36.8 Å². The molecule has 2 aromatic heterocycles. The van der Waals surface area contributed by atoms with Crippen molar-refractivity contribution in [1.29, 1.82) is 0 Å². The van der Waals surface area contributed by atoms with E-state index in [4.69, 9.17) is 0 Å². The molecule has 2 N–H and O–H groups in total. The number of likely N-dealkylation sites (tertiary alicyclic amines) is 1. The van der Waals surface area contributed by atoms with Gasteiger partial charge in [0.2, 0.25) is 5.91 Å². The van der Waals surface area contributed by atoms with Gasteiger partial charge in [-0.15, -0.1) is 0 Å². The summed E-state index contributed by atoms with van der Waals surface area (Å²) in [5, 5.41) is 13.8. The van der Waals surface area contributed by atoms with Crippen molar-refractivity contribution in [3.8, 4) is 0 Å². The normalized spacial score (nSPS) is 15.4. The first-order valence-corrected chi connectivity index (χ1v) is 8.69. The number of anilines is 1. The van der Waals surface area contributed by atoms with Crippen molar-refractivity contribution in [1.82, 2.24) is 24.9 Å². The predicted octanol–water partition coefficient (Wildman–Crippen LogP) is 1.82. The molecule has 0 bridgehead atoms. The lowest BCUT2D eigenvalue weighted by molar-refractivity contribution is -0.117. The number of nitrogens with one attached hydrogen (secondary N) is 2. The molecule has 3 rings (SSSR count). The Morgan fingerprint density at radius 2 is 2.12 bits per heavy atom. The van der Waals surface area contributed by atoms with Crippen LogP contribution >= 0.6 is 0 Å². The lowest BCUT2D eigenvalue weighted by Crippen LogP contribution is -2.39. The lowest BCUT2D eigenvalue weighted by Gasteiger charge is -2.31. The van der Waals surface area contributed by atoms with Crippen molar-refractivity contribution in [2.75, 3.05) is 18.4 Å². The van der Waals surface area contributed by atoms with Gasteiger partial charge < -0.3 is 10.2 Å². The summed E-state index contributed by atoms with van der Waals surface area (Å²) in [6, 6.07) is 1.80. The highest BCUT2D eigenvalue weighted by Gasteiger charge is 2.26. The van der Waals surface area contributed by atoms with E-state index in [1.54, 1.807) is 16.9 Å². The van der Waals surface area contributed by atoms with Crippen molar-refractivity contribution in [2.24, 2.45) is 5.92 Å². The van der Waals surface area contributed by atoms with Crippen LogP contribution < -0.4 is 5.32 Å². The maximum absolute atomic E-state index is 12.5. The molecule has 1 aliphatic heterocycles. The molecule has 0 saturated carbocycles. The molecule has 0 unspecified atom stereocenters. The number of carbonyl (C=O) groups excluding carboxylic acids is 2. The SMILES string of the molecule is CCn1ccc(NC(=O)CC2CCN(C(=O)c3cn[nH]c3C)CC2)n1. The summed E-state index contributed by atoms with van der Waals surface area (Å²) < 4.78 is 1.78. The van der Waals surface area contributed by atoms with Crippen LogP contribution in [0, 0.1) is 12.8 Å². The van der Waals surface area contributed by atoms with Crippen molar-refractivity contribution in [3.63, 3.8) is 0 Å². The van der Waals surface area contributed by atoms with Gasteiger partial charge in [0.15, 0.2) is 5.82 Å².